The fourth-order valence-electron chi connectivity index (χ4n) is 1.28. The number of halogens is 2. The molecule has 0 saturated heterocycles. The first-order valence-electron chi connectivity index (χ1n) is 5.59. The molecule has 1 amide bonds. The van der Waals surface area contributed by atoms with Crippen LogP contribution in [0.3, 0.4) is 0 Å². The number of benzene rings is 1. The van der Waals surface area contributed by atoms with Gasteiger partial charge in [-0.05, 0) is 24.6 Å². The molecule has 1 N–H and O–H groups in total. The third-order valence-electron chi connectivity index (χ3n) is 2.14. The van der Waals surface area contributed by atoms with Crippen molar-refractivity contribution in [1.29, 1.82) is 0 Å². The van der Waals surface area contributed by atoms with Gasteiger partial charge in [0.2, 0.25) is 5.91 Å². The largest absolute Gasteiger partial charge is 0.492 e. The molecule has 0 unspecified atom stereocenters. The van der Waals surface area contributed by atoms with Crippen molar-refractivity contribution in [2.75, 3.05) is 13.2 Å². The van der Waals surface area contributed by atoms with Crippen LogP contribution in [0, 0.1) is 0 Å². The van der Waals surface area contributed by atoms with Crippen LogP contribution in [0.1, 0.15) is 12.8 Å². The normalized spacial score (nSPS) is 9.89. The van der Waals surface area contributed by atoms with Crippen LogP contribution in [-0.4, -0.2) is 19.1 Å². The lowest BCUT2D eigenvalue weighted by molar-refractivity contribution is -0.121. The molecule has 1 aromatic carbocycles. The zero-order valence-corrected chi connectivity index (χ0v) is 11.4. The highest BCUT2D eigenvalue weighted by Crippen LogP contribution is 2.27. The molecule has 0 radical (unpaired) electrons. The zero-order chi connectivity index (χ0) is 13.4. The summed E-state index contributed by atoms with van der Waals surface area (Å²) in [7, 11) is 0. The maximum atomic E-state index is 11.3. The highest BCUT2D eigenvalue weighted by Gasteiger charge is 2.03. The molecule has 0 aliphatic carbocycles. The van der Waals surface area contributed by atoms with E-state index in [2.05, 4.69) is 11.9 Å². The summed E-state index contributed by atoms with van der Waals surface area (Å²) in [5.41, 5.74) is 0. The first-order chi connectivity index (χ1) is 8.63. The molecule has 0 aliphatic heterocycles. The van der Waals surface area contributed by atoms with Crippen LogP contribution >= 0.6 is 23.2 Å². The van der Waals surface area contributed by atoms with Crippen LogP contribution in [0.4, 0.5) is 0 Å². The Kier molecular flexibility index (Phi) is 6.61. The van der Waals surface area contributed by atoms with Gasteiger partial charge in [0.05, 0.1) is 11.6 Å². The molecule has 3 nitrogen and oxygen atoms in total. The van der Waals surface area contributed by atoms with Gasteiger partial charge in [0.1, 0.15) is 5.75 Å². The number of amides is 1. The summed E-state index contributed by atoms with van der Waals surface area (Å²) in [5, 5.41) is 3.73. The summed E-state index contributed by atoms with van der Waals surface area (Å²) in [6.07, 6.45) is 2.68. The number of hydrogen-bond donors (Lipinski definition) is 1. The van der Waals surface area contributed by atoms with E-state index >= 15 is 0 Å². The molecule has 98 valence electrons. The smallest absolute Gasteiger partial charge is 0.220 e. The van der Waals surface area contributed by atoms with E-state index in [9.17, 15) is 4.79 Å². The number of ether oxygens (including phenoxy) is 1. The van der Waals surface area contributed by atoms with Gasteiger partial charge in [0, 0.05) is 18.0 Å². The first kappa shape index (κ1) is 14.9. The average molecular weight is 288 g/mol. The molecule has 5 heteroatoms. The molecule has 0 saturated carbocycles. The van der Waals surface area contributed by atoms with Gasteiger partial charge in [0.15, 0.2) is 0 Å². The van der Waals surface area contributed by atoms with Gasteiger partial charge in [-0.15, -0.1) is 6.58 Å². The topological polar surface area (TPSA) is 38.3 Å². The van der Waals surface area contributed by atoms with Crippen molar-refractivity contribution in [3.63, 3.8) is 0 Å². The average Bonchev–Trinajstić information content (AvgIpc) is 2.34. The van der Waals surface area contributed by atoms with Crippen molar-refractivity contribution in [2.45, 2.75) is 12.8 Å². The Morgan fingerprint density at radius 3 is 2.89 bits per heavy atom. The van der Waals surface area contributed by atoms with E-state index in [0.717, 1.165) is 0 Å². The van der Waals surface area contributed by atoms with E-state index in [-0.39, 0.29) is 5.91 Å². The van der Waals surface area contributed by atoms with Gasteiger partial charge >= 0.3 is 0 Å². The Bertz CT molecular complexity index is 421. The molecular formula is C13H15Cl2NO2. The van der Waals surface area contributed by atoms with E-state index in [4.69, 9.17) is 27.9 Å². The second-order valence-corrected chi connectivity index (χ2v) is 4.46. The summed E-state index contributed by atoms with van der Waals surface area (Å²) in [4.78, 5) is 11.3. The lowest BCUT2D eigenvalue weighted by atomic mass is 10.3. The number of hydrogen-bond acceptors (Lipinski definition) is 2. The van der Waals surface area contributed by atoms with Crippen molar-refractivity contribution in [3.05, 3.63) is 40.9 Å². The number of carbonyl (C=O) groups excluding carboxylic acids is 1. The molecule has 0 aliphatic rings. The summed E-state index contributed by atoms with van der Waals surface area (Å²) in [6, 6.07) is 5.04. The predicted octanol–water partition coefficient (Wildman–Crippen LogP) is 3.45. The second-order valence-electron chi connectivity index (χ2n) is 3.62. The van der Waals surface area contributed by atoms with Crippen molar-refractivity contribution in [2.24, 2.45) is 0 Å². The highest BCUT2D eigenvalue weighted by molar-refractivity contribution is 6.35. The molecular weight excluding hydrogens is 273 g/mol. The SMILES string of the molecule is C=CCNC(=O)CCCOc1ccc(Cl)cc1Cl. The Morgan fingerprint density at radius 2 is 2.22 bits per heavy atom. The molecule has 1 aromatic rings. The monoisotopic (exact) mass is 287 g/mol. The Hall–Kier alpha value is -1.19. The molecule has 18 heavy (non-hydrogen) atoms. The van der Waals surface area contributed by atoms with Gasteiger partial charge in [0.25, 0.3) is 0 Å². The Morgan fingerprint density at radius 1 is 1.44 bits per heavy atom. The van der Waals surface area contributed by atoms with Gasteiger partial charge < -0.3 is 10.1 Å². The van der Waals surface area contributed by atoms with E-state index in [1.807, 2.05) is 0 Å². The minimum absolute atomic E-state index is 0.0132. The summed E-state index contributed by atoms with van der Waals surface area (Å²) >= 11 is 11.7. The standard InChI is InChI=1S/C13H15Cl2NO2/c1-2-7-16-13(17)4-3-8-18-12-6-5-10(14)9-11(12)15/h2,5-6,9H,1,3-4,7-8H2,(H,16,17). The molecule has 0 atom stereocenters. The second kappa shape index (κ2) is 8.01. The lowest BCUT2D eigenvalue weighted by Gasteiger charge is -2.08. The Labute approximate surface area is 117 Å². The maximum Gasteiger partial charge on any atom is 0.220 e. The fourth-order valence-corrected chi connectivity index (χ4v) is 1.74. The van der Waals surface area contributed by atoms with E-state index in [0.29, 0.717) is 41.8 Å². The van der Waals surface area contributed by atoms with Crippen LogP contribution in [0.15, 0.2) is 30.9 Å². The molecule has 0 aromatic heterocycles. The van der Waals surface area contributed by atoms with Crippen LogP contribution < -0.4 is 10.1 Å². The van der Waals surface area contributed by atoms with Crippen molar-refractivity contribution < 1.29 is 9.53 Å². The minimum Gasteiger partial charge on any atom is -0.492 e. The van der Waals surface area contributed by atoms with E-state index in [1.54, 1.807) is 24.3 Å². The number of carbonyl (C=O) groups is 1. The number of nitrogens with one attached hydrogen (secondary N) is 1. The summed E-state index contributed by atoms with van der Waals surface area (Å²) in [6.45, 7) is 4.44. The molecule has 0 fully saturated rings. The molecule has 0 spiro atoms. The van der Waals surface area contributed by atoms with Crippen LogP contribution in [-0.2, 0) is 4.79 Å². The van der Waals surface area contributed by atoms with Crippen LogP contribution in [0.25, 0.3) is 0 Å². The van der Waals surface area contributed by atoms with Crippen LogP contribution in [0.5, 0.6) is 5.75 Å². The predicted molar refractivity (Wildman–Crippen MR) is 74.4 cm³/mol. The van der Waals surface area contributed by atoms with E-state index in [1.165, 1.54) is 0 Å². The third-order valence-corrected chi connectivity index (χ3v) is 2.67. The van der Waals surface area contributed by atoms with Crippen molar-refractivity contribution in [1.82, 2.24) is 5.32 Å². The molecule has 0 bridgehead atoms. The first-order valence-corrected chi connectivity index (χ1v) is 6.34. The van der Waals surface area contributed by atoms with Crippen molar-refractivity contribution >= 4 is 29.1 Å². The minimum atomic E-state index is -0.0132. The fraction of sp³-hybridized carbons (Fsp3) is 0.308. The lowest BCUT2D eigenvalue weighted by Crippen LogP contribution is -2.23. The van der Waals surface area contributed by atoms with Crippen LogP contribution in [0.2, 0.25) is 10.0 Å². The third kappa shape index (κ3) is 5.43. The van der Waals surface area contributed by atoms with Gasteiger partial charge in [-0.3, -0.25) is 4.79 Å². The number of rotatable bonds is 7. The van der Waals surface area contributed by atoms with Gasteiger partial charge in [-0.2, -0.15) is 0 Å². The maximum absolute atomic E-state index is 11.3. The van der Waals surface area contributed by atoms with Gasteiger partial charge in [-0.1, -0.05) is 29.3 Å². The molecule has 0 heterocycles. The van der Waals surface area contributed by atoms with E-state index < -0.39 is 0 Å². The van der Waals surface area contributed by atoms with Gasteiger partial charge in [-0.25, -0.2) is 0 Å². The Balaban J connectivity index is 2.25. The summed E-state index contributed by atoms with van der Waals surface area (Å²) in [5.74, 6) is 0.563. The quantitative estimate of drug-likeness (QED) is 0.616. The molecule has 1 rings (SSSR count). The highest BCUT2D eigenvalue weighted by atomic mass is 35.5. The van der Waals surface area contributed by atoms with Crippen molar-refractivity contribution in [3.8, 4) is 5.75 Å². The zero-order valence-electron chi connectivity index (χ0n) is 9.92. The summed E-state index contributed by atoms with van der Waals surface area (Å²) < 4.78 is 5.46.